The van der Waals surface area contributed by atoms with Crippen molar-refractivity contribution >= 4 is 5.69 Å². The van der Waals surface area contributed by atoms with E-state index in [9.17, 15) is 15.2 Å². The Morgan fingerprint density at radius 1 is 1.46 bits per heavy atom. The summed E-state index contributed by atoms with van der Waals surface area (Å²) in [6.07, 6.45) is 0.0819. The van der Waals surface area contributed by atoms with Crippen LogP contribution in [0.5, 0.6) is 0 Å². The molecule has 0 fully saturated rings. The van der Waals surface area contributed by atoms with Crippen LogP contribution in [-0.2, 0) is 0 Å². The molecule has 0 aliphatic carbocycles. The van der Waals surface area contributed by atoms with E-state index in [0.29, 0.717) is 12.0 Å². The molecule has 1 N–H and O–H groups in total. The van der Waals surface area contributed by atoms with Crippen LogP contribution in [0.3, 0.4) is 0 Å². The minimum absolute atomic E-state index is 0.0482. The van der Waals surface area contributed by atoms with E-state index in [0.717, 1.165) is 0 Å². The van der Waals surface area contributed by atoms with E-state index in [2.05, 4.69) is 0 Å². The van der Waals surface area contributed by atoms with Gasteiger partial charge < -0.3 is 5.11 Å². The highest BCUT2D eigenvalue weighted by Crippen LogP contribution is 2.19. The van der Waals surface area contributed by atoms with Crippen LogP contribution in [0.15, 0.2) is 24.3 Å². The summed E-state index contributed by atoms with van der Waals surface area (Å²) < 4.78 is 0. The third kappa shape index (κ3) is 2.26. The van der Waals surface area contributed by atoms with Crippen LogP contribution in [-0.4, -0.2) is 10.0 Å². The van der Waals surface area contributed by atoms with E-state index >= 15 is 0 Å². The normalized spacial score (nSPS) is 12.5. The van der Waals surface area contributed by atoms with Gasteiger partial charge in [-0.25, -0.2) is 0 Å². The fourth-order valence-corrected chi connectivity index (χ4v) is 1.05. The van der Waals surface area contributed by atoms with Gasteiger partial charge in [0.2, 0.25) is 0 Å². The van der Waals surface area contributed by atoms with Crippen molar-refractivity contribution in [2.24, 2.45) is 0 Å². The summed E-state index contributed by atoms with van der Waals surface area (Å²) in [7, 11) is 0. The van der Waals surface area contributed by atoms with E-state index in [1.165, 1.54) is 12.1 Å². The molecule has 0 amide bonds. The van der Waals surface area contributed by atoms with Crippen LogP contribution in [0.4, 0.5) is 5.69 Å². The highest BCUT2D eigenvalue weighted by molar-refractivity contribution is 5.33. The summed E-state index contributed by atoms with van der Waals surface area (Å²) in [5.74, 6) is 0. The number of nitro benzene ring substituents is 1. The molecule has 0 aliphatic heterocycles. The number of aliphatic hydroxyl groups excluding tert-OH is 1. The average molecular weight is 181 g/mol. The van der Waals surface area contributed by atoms with Gasteiger partial charge in [0, 0.05) is 12.1 Å². The van der Waals surface area contributed by atoms with Crippen molar-refractivity contribution in [3.8, 4) is 0 Å². The molecule has 70 valence electrons. The van der Waals surface area contributed by atoms with E-state index in [4.69, 9.17) is 0 Å². The summed E-state index contributed by atoms with van der Waals surface area (Å²) in [5.41, 5.74) is 0.764. The zero-order chi connectivity index (χ0) is 9.84. The number of nitrogens with zero attached hydrogens (tertiary/aromatic N) is 1. The van der Waals surface area contributed by atoms with E-state index < -0.39 is 11.0 Å². The van der Waals surface area contributed by atoms with Gasteiger partial charge in [0.15, 0.2) is 0 Å². The Hall–Kier alpha value is -1.42. The molecule has 0 unspecified atom stereocenters. The van der Waals surface area contributed by atoms with Gasteiger partial charge in [-0.3, -0.25) is 10.1 Å². The van der Waals surface area contributed by atoms with E-state index in [1.807, 2.05) is 6.92 Å². The van der Waals surface area contributed by atoms with Crippen LogP contribution in [0.1, 0.15) is 25.0 Å². The monoisotopic (exact) mass is 181 g/mol. The lowest BCUT2D eigenvalue weighted by molar-refractivity contribution is -0.384. The van der Waals surface area contributed by atoms with Crippen molar-refractivity contribution in [2.45, 2.75) is 19.4 Å². The molecule has 0 aliphatic rings. The summed E-state index contributed by atoms with van der Waals surface area (Å²) in [4.78, 5) is 9.84. The van der Waals surface area contributed by atoms with Crippen molar-refractivity contribution in [3.63, 3.8) is 0 Å². The zero-order valence-electron chi connectivity index (χ0n) is 7.30. The summed E-state index contributed by atoms with van der Waals surface area (Å²) in [6.45, 7) is 1.85. The number of non-ortho nitro benzene ring substituents is 1. The highest BCUT2D eigenvalue weighted by atomic mass is 16.6. The molecule has 13 heavy (non-hydrogen) atoms. The second kappa shape index (κ2) is 4.00. The lowest BCUT2D eigenvalue weighted by Crippen LogP contribution is -1.95. The molecule has 1 atom stereocenters. The molecular weight excluding hydrogens is 170 g/mol. The van der Waals surface area contributed by atoms with Crippen LogP contribution in [0.25, 0.3) is 0 Å². The average Bonchev–Trinajstić information content (AvgIpc) is 2.17. The summed E-state index contributed by atoms with van der Waals surface area (Å²) in [5, 5.41) is 19.7. The molecule has 4 nitrogen and oxygen atoms in total. The standard InChI is InChI=1S/C9H11NO3/c1-2-9(11)7-3-5-8(6-4-7)10(12)13/h3-6,9,11H,2H2,1H3/t9-/m1/s1. The Balaban J connectivity index is 2.87. The number of benzene rings is 1. The molecule has 4 heteroatoms. The Labute approximate surface area is 76.0 Å². The minimum Gasteiger partial charge on any atom is -0.388 e. The third-order valence-electron chi connectivity index (χ3n) is 1.88. The molecule has 0 heterocycles. The van der Waals surface area contributed by atoms with E-state index in [-0.39, 0.29) is 5.69 Å². The Morgan fingerprint density at radius 2 is 2.00 bits per heavy atom. The third-order valence-corrected chi connectivity index (χ3v) is 1.88. The highest BCUT2D eigenvalue weighted by Gasteiger charge is 2.07. The molecule has 1 rings (SSSR count). The molecule has 0 bridgehead atoms. The summed E-state index contributed by atoms with van der Waals surface area (Å²) in [6, 6.07) is 5.95. The number of hydrogen-bond donors (Lipinski definition) is 1. The Morgan fingerprint density at radius 3 is 2.38 bits per heavy atom. The molecule has 0 saturated carbocycles. The maximum atomic E-state index is 10.3. The smallest absolute Gasteiger partial charge is 0.269 e. The quantitative estimate of drug-likeness (QED) is 0.573. The lowest BCUT2D eigenvalue weighted by atomic mass is 10.1. The second-order valence-electron chi connectivity index (χ2n) is 2.77. The molecule has 0 saturated heterocycles. The van der Waals surface area contributed by atoms with Gasteiger partial charge in [-0.05, 0) is 24.1 Å². The van der Waals surface area contributed by atoms with Gasteiger partial charge in [0.05, 0.1) is 11.0 Å². The number of aliphatic hydroxyl groups is 1. The Bertz CT molecular complexity index is 294. The molecule has 0 aromatic heterocycles. The molecule has 0 radical (unpaired) electrons. The molecular formula is C9H11NO3. The Kier molecular flexibility index (Phi) is 2.97. The van der Waals surface area contributed by atoms with Crippen molar-refractivity contribution in [3.05, 3.63) is 39.9 Å². The fourth-order valence-electron chi connectivity index (χ4n) is 1.05. The topological polar surface area (TPSA) is 63.4 Å². The maximum absolute atomic E-state index is 10.3. The van der Waals surface area contributed by atoms with Gasteiger partial charge in [0.25, 0.3) is 5.69 Å². The van der Waals surface area contributed by atoms with Crippen LogP contribution in [0, 0.1) is 10.1 Å². The predicted octanol–water partition coefficient (Wildman–Crippen LogP) is 2.04. The molecule has 1 aromatic rings. The summed E-state index contributed by atoms with van der Waals surface area (Å²) >= 11 is 0. The van der Waals surface area contributed by atoms with Crippen molar-refractivity contribution in [2.75, 3.05) is 0 Å². The zero-order valence-corrected chi connectivity index (χ0v) is 7.30. The van der Waals surface area contributed by atoms with Gasteiger partial charge in [0.1, 0.15) is 0 Å². The first-order valence-corrected chi connectivity index (χ1v) is 4.07. The number of nitro groups is 1. The minimum atomic E-state index is -0.527. The molecule has 0 spiro atoms. The van der Waals surface area contributed by atoms with Gasteiger partial charge >= 0.3 is 0 Å². The maximum Gasteiger partial charge on any atom is 0.269 e. The van der Waals surface area contributed by atoms with Crippen molar-refractivity contribution in [1.82, 2.24) is 0 Å². The largest absolute Gasteiger partial charge is 0.388 e. The van der Waals surface area contributed by atoms with Gasteiger partial charge in [-0.1, -0.05) is 6.92 Å². The number of hydrogen-bond acceptors (Lipinski definition) is 3. The van der Waals surface area contributed by atoms with Gasteiger partial charge in [-0.2, -0.15) is 0 Å². The molecule has 1 aromatic carbocycles. The predicted molar refractivity (Wildman–Crippen MR) is 48.3 cm³/mol. The lowest BCUT2D eigenvalue weighted by Gasteiger charge is -2.06. The fraction of sp³-hybridized carbons (Fsp3) is 0.333. The van der Waals surface area contributed by atoms with Crippen LogP contribution < -0.4 is 0 Å². The number of rotatable bonds is 3. The second-order valence-corrected chi connectivity index (χ2v) is 2.77. The van der Waals surface area contributed by atoms with Crippen LogP contribution >= 0.6 is 0 Å². The van der Waals surface area contributed by atoms with Crippen molar-refractivity contribution < 1.29 is 10.0 Å². The van der Waals surface area contributed by atoms with E-state index in [1.54, 1.807) is 12.1 Å². The van der Waals surface area contributed by atoms with Crippen molar-refractivity contribution in [1.29, 1.82) is 0 Å². The SMILES string of the molecule is CC[C@@H](O)c1ccc([N+](=O)[O-])cc1. The van der Waals surface area contributed by atoms with Gasteiger partial charge in [-0.15, -0.1) is 0 Å². The first kappa shape index (κ1) is 9.67. The first-order valence-electron chi connectivity index (χ1n) is 4.07. The van der Waals surface area contributed by atoms with Crippen LogP contribution in [0.2, 0.25) is 0 Å². The first-order chi connectivity index (χ1) is 6.15.